The number of amides is 1. The van der Waals surface area contributed by atoms with Crippen molar-refractivity contribution in [3.63, 3.8) is 0 Å². The van der Waals surface area contributed by atoms with Crippen LogP contribution in [-0.4, -0.2) is 13.9 Å². The smallest absolute Gasteiger partial charge is 0.226 e. The van der Waals surface area contributed by atoms with Crippen LogP contribution in [0.2, 0.25) is 0 Å². The highest BCUT2D eigenvalue weighted by Crippen LogP contribution is 2.08. The quantitative estimate of drug-likeness (QED) is 0.534. The first kappa shape index (κ1) is 8.53. The van der Waals surface area contributed by atoms with Crippen LogP contribution in [0.15, 0.2) is 0 Å². The van der Waals surface area contributed by atoms with Crippen molar-refractivity contribution in [3.8, 4) is 0 Å². The van der Waals surface area contributed by atoms with Gasteiger partial charge in [-0.25, -0.2) is 0 Å². The molecule has 3 heteroatoms. The van der Waals surface area contributed by atoms with Crippen molar-refractivity contribution in [2.75, 3.05) is 0 Å². The second kappa shape index (κ2) is 3.54. The van der Waals surface area contributed by atoms with E-state index in [4.69, 9.17) is 7.98 Å². The molecule has 0 spiro atoms. The Morgan fingerprint density at radius 3 is 2.00 bits per heavy atom. The molecule has 2 radical (unpaired) electrons. The Kier molecular flexibility index (Phi) is 3.36. The summed E-state index contributed by atoms with van der Waals surface area (Å²) < 4.78 is 0. The lowest BCUT2D eigenvalue weighted by Gasteiger charge is -2.12. The molecule has 0 fully saturated rings. The summed E-state index contributed by atoms with van der Waals surface area (Å²) in [5.41, 5.74) is 0. The van der Waals surface area contributed by atoms with E-state index in [1.54, 1.807) is 0 Å². The van der Waals surface area contributed by atoms with Crippen LogP contribution in [0.5, 0.6) is 0 Å². The molecule has 0 aromatic heterocycles. The monoisotopic (exact) mass is 125 g/mol. The first-order valence-corrected chi connectivity index (χ1v) is 3.10. The van der Waals surface area contributed by atoms with Crippen LogP contribution in [0, 0.1) is 11.8 Å². The minimum Gasteiger partial charge on any atom is -0.409 e. The summed E-state index contributed by atoms with van der Waals surface area (Å²) in [5.74, 6) is 0.272. The molecule has 0 aliphatic rings. The minimum atomic E-state index is -0.0926. The summed E-state index contributed by atoms with van der Waals surface area (Å²) in [6, 6.07) is 0. The molecule has 9 heavy (non-hydrogen) atoms. The van der Waals surface area contributed by atoms with Crippen LogP contribution in [0.1, 0.15) is 20.8 Å². The Morgan fingerprint density at radius 1 is 1.44 bits per heavy atom. The highest BCUT2D eigenvalue weighted by molar-refractivity contribution is 6.14. The molecule has 0 rings (SSSR count). The van der Waals surface area contributed by atoms with Crippen LogP contribution in [0.25, 0.3) is 0 Å². The number of hydrogen-bond acceptors (Lipinski definition) is 1. The number of rotatable bonds is 2. The van der Waals surface area contributed by atoms with Crippen molar-refractivity contribution in [1.29, 1.82) is 0 Å². The first-order valence-electron chi connectivity index (χ1n) is 3.10. The summed E-state index contributed by atoms with van der Waals surface area (Å²) in [4.78, 5) is 10.7. The fraction of sp³-hybridized carbons (Fsp3) is 0.833. The maximum atomic E-state index is 10.7. The molecule has 0 saturated heterocycles. The molecule has 0 aromatic rings. The molecule has 0 heterocycles. The molecular formula is C6H12BNO. The lowest BCUT2D eigenvalue weighted by Crippen LogP contribution is -2.29. The van der Waals surface area contributed by atoms with Crippen LogP contribution < -0.4 is 5.23 Å². The summed E-state index contributed by atoms with van der Waals surface area (Å²) in [6.07, 6.45) is 0. The third-order valence-corrected chi connectivity index (χ3v) is 1.56. The minimum absolute atomic E-state index is 0.00926. The second-order valence-corrected chi connectivity index (χ2v) is 2.54. The highest BCUT2D eigenvalue weighted by Gasteiger charge is 2.13. The molecule has 50 valence electrons. The third kappa shape index (κ3) is 2.54. The van der Waals surface area contributed by atoms with E-state index < -0.39 is 0 Å². The van der Waals surface area contributed by atoms with Gasteiger partial charge in [-0.05, 0) is 5.92 Å². The average Bonchev–Trinajstić information content (AvgIpc) is 1.84. The molecule has 1 unspecified atom stereocenters. The summed E-state index contributed by atoms with van der Waals surface area (Å²) >= 11 is 0. The van der Waals surface area contributed by atoms with Gasteiger partial charge in [-0.1, -0.05) is 20.8 Å². The normalized spacial score (nSPS) is 13.3. The van der Waals surface area contributed by atoms with Gasteiger partial charge in [-0.15, -0.1) is 0 Å². The van der Waals surface area contributed by atoms with Gasteiger partial charge < -0.3 is 5.23 Å². The Hall–Kier alpha value is -0.465. The molecule has 0 aliphatic carbocycles. The number of hydrogen-bond donors (Lipinski definition) is 1. The molecule has 1 amide bonds. The van der Waals surface area contributed by atoms with Crippen molar-refractivity contribution < 1.29 is 4.79 Å². The number of carbonyl (C=O) groups excluding carboxylic acids is 1. The summed E-state index contributed by atoms with van der Waals surface area (Å²) in [5, 5.41) is 2.11. The second-order valence-electron chi connectivity index (χ2n) is 2.54. The zero-order chi connectivity index (χ0) is 7.44. The molecular weight excluding hydrogens is 113 g/mol. The zero-order valence-electron chi connectivity index (χ0n) is 6.14. The molecule has 0 saturated carbocycles. The Bertz CT molecular complexity index is 103. The first-order chi connectivity index (χ1) is 4.09. The number of carbonyl (C=O) groups is 1. The maximum Gasteiger partial charge on any atom is 0.226 e. The van der Waals surface area contributed by atoms with Gasteiger partial charge >= 0.3 is 0 Å². The van der Waals surface area contributed by atoms with Crippen molar-refractivity contribution in [2.45, 2.75) is 20.8 Å². The maximum absolute atomic E-state index is 10.7. The van der Waals surface area contributed by atoms with Gasteiger partial charge in [-0.2, -0.15) is 0 Å². The molecule has 1 N–H and O–H groups in total. The van der Waals surface area contributed by atoms with Crippen molar-refractivity contribution in [2.24, 2.45) is 11.8 Å². The van der Waals surface area contributed by atoms with E-state index >= 15 is 0 Å². The Labute approximate surface area is 57.4 Å². The lowest BCUT2D eigenvalue weighted by atomic mass is 9.97. The Morgan fingerprint density at radius 2 is 1.89 bits per heavy atom. The fourth-order valence-corrected chi connectivity index (χ4v) is 0.434. The van der Waals surface area contributed by atoms with Crippen LogP contribution in [0.3, 0.4) is 0 Å². The lowest BCUT2D eigenvalue weighted by molar-refractivity contribution is -0.123. The topological polar surface area (TPSA) is 29.1 Å². The number of nitrogens with one attached hydrogen (secondary N) is 1. The van der Waals surface area contributed by atoms with Gasteiger partial charge in [0.15, 0.2) is 0 Å². The standard InChI is InChI=1S/C6H12BNO/c1-4(2)5(3)6(9)8-7/h4-5H,1-3H3,(H,8,9). The predicted molar refractivity (Wildman–Crippen MR) is 37.9 cm³/mol. The van der Waals surface area contributed by atoms with E-state index in [9.17, 15) is 4.79 Å². The van der Waals surface area contributed by atoms with Gasteiger partial charge in [0, 0.05) is 5.92 Å². The van der Waals surface area contributed by atoms with Crippen LogP contribution in [-0.2, 0) is 4.79 Å². The molecule has 1 atom stereocenters. The SMILES string of the molecule is [B]NC(=O)C(C)C(C)C. The predicted octanol–water partition coefficient (Wildman–Crippen LogP) is 0.478. The van der Waals surface area contributed by atoms with E-state index in [0.29, 0.717) is 5.92 Å². The molecule has 0 bridgehead atoms. The van der Waals surface area contributed by atoms with Gasteiger partial charge in [0.1, 0.15) is 0 Å². The third-order valence-electron chi connectivity index (χ3n) is 1.56. The summed E-state index contributed by atoms with van der Waals surface area (Å²) in [6.45, 7) is 5.83. The van der Waals surface area contributed by atoms with E-state index in [0.717, 1.165) is 0 Å². The van der Waals surface area contributed by atoms with E-state index in [2.05, 4.69) is 5.23 Å². The van der Waals surface area contributed by atoms with Gasteiger partial charge in [0.05, 0.1) is 0 Å². The Balaban J connectivity index is 3.72. The highest BCUT2D eigenvalue weighted by atomic mass is 16.1. The molecule has 0 aliphatic heterocycles. The van der Waals surface area contributed by atoms with Crippen molar-refractivity contribution in [1.82, 2.24) is 5.23 Å². The zero-order valence-corrected chi connectivity index (χ0v) is 6.14. The molecule has 0 aromatic carbocycles. The van der Waals surface area contributed by atoms with Crippen LogP contribution >= 0.6 is 0 Å². The van der Waals surface area contributed by atoms with Gasteiger partial charge in [0.25, 0.3) is 0 Å². The molecule has 2 nitrogen and oxygen atoms in total. The van der Waals surface area contributed by atoms with Crippen LogP contribution in [0.4, 0.5) is 0 Å². The van der Waals surface area contributed by atoms with E-state index in [1.807, 2.05) is 20.8 Å². The van der Waals surface area contributed by atoms with Crippen molar-refractivity contribution in [3.05, 3.63) is 0 Å². The summed E-state index contributed by atoms with van der Waals surface area (Å²) in [7, 11) is 4.91. The average molecular weight is 125 g/mol. The van der Waals surface area contributed by atoms with E-state index in [1.165, 1.54) is 0 Å². The van der Waals surface area contributed by atoms with Gasteiger partial charge in [0.2, 0.25) is 13.9 Å². The largest absolute Gasteiger partial charge is 0.409 e. The fourth-order valence-electron chi connectivity index (χ4n) is 0.434. The van der Waals surface area contributed by atoms with E-state index in [-0.39, 0.29) is 11.8 Å². The van der Waals surface area contributed by atoms with Crippen molar-refractivity contribution >= 4 is 13.9 Å². The van der Waals surface area contributed by atoms with Gasteiger partial charge in [-0.3, -0.25) is 4.79 Å².